The number of aryl methyl sites for hydroxylation is 4. The van der Waals surface area contributed by atoms with Gasteiger partial charge in [0.15, 0.2) is 0 Å². The molecule has 2 heterocycles. The molecule has 2 aromatic heterocycles. The number of nitrogens with one attached hydrogen (secondary N) is 1. The average Bonchev–Trinajstić information content (AvgIpc) is 2.86. The zero-order valence-corrected chi connectivity index (χ0v) is 11.3. The third-order valence-electron chi connectivity index (χ3n) is 3.03. The summed E-state index contributed by atoms with van der Waals surface area (Å²) in [5.41, 5.74) is 2.32. The minimum atomic E-state index is 0.820. The Morgan fingerprint density at radius 2 is 2.17 bits per heavy atom. The van der Waals surface area contributed by atoms with E-state index in [1.807, 2.05) is 30.9 Å². The molecule has 2 rings (SSSR count). The monoisotopic (exact) mass is 247 g/mol. The van der Waals surface area contributed by atoms with Gasteiger partial charge in [-0.1, -0.05) is 0 Å². The third-order valence-corrected chi connectivity index (χ3v) is 3.03. The fourth-order valence-corrected chi connectivity index (χ4v) is 2.02. The molecule has 0 aliphatic rings. The van der Waals surface area contributed by atoms with Gasteiger partial charge in [0.25, 0.3) is 0 Å². The van der Waals surface area contributed by atoms with Crippen LogP contribution in [0.1, 0.15) is 23.6 Å². The molecule has 0 spiro atoms. The maximum Gasteiger partial charge on any atom is 0.122 e. The Kier molecular flexibility index (Phi) is 4.15. The molecule has 98 valence electrons. The molecule has 0 saturated carbocycles. The first-order chi connectivity index (χ1) is 8.66. The standard InChI is InChI=1S/C13H21N5/c1-11-9-12(2)18(16-11)7-4-5-14-10-13-15-6-8-17(13)3/h6,8-9,14H,4-5,7,10H2,1-3H3. The summed E-state index contributed by atoms with van der Waals surface area (Å²) in [6.07, 6.45) is 4.87. The van der Waals surface area contributed by atoms with E-state index in [-0.39, 0.29) is 0 Å². The maximum atomic E-state index is 4.44. The molecular formula is C13H21N5. The van der Waals surface area contributed by atoms with E-state index in [1.165, 1.54) is 5.69 Å². The van der Waals surface area contributed by atoms with Crippen molar-refractivity contribution in [3.05, 3.63) is 35.7 Å². The van der Waals surface area contributed by atoms with Crippen LogP contribution < -0.4 is 5.32 Å². The molecule has 0 amide bonds. The van der Waals surface area contributed by atoms with Gasteiger partial charge in [-0.3, -0.25) is 4.68 Å². The number of hydrogen-bond donors (Lipinski definition) is 1. The Balaban J connectivity index is 1.67. The zero-order valence-electron chi connectivity index (χ0n) is 11.3. The second kappa shape index (κ2) is 5.82. The molecule has 0 unspecified atom stereocenters. The summed E-state index contributed by atoms with van der Waals surface area (Å²) in [6.45, 7) is 6.89. The lowest BCUT2D eigenvalue weighted by Crippen LogP contribution is -2.19. The number of aromatic nitrogens is 4. The number of nitrogens with zero attached hydrogens (tertiary/aromatic N) is 4. The fourth-order valence-electron chi connectivity index (χ4n) is 2.02. The Morgan fingerprint density at radius 1 is 1.33 bits per heavy atom. The molecule has 0 aliphatic carbocycles. The lowest BCUT2D eigenvalue weighted by atomic mass is 10.4. The predicted octanol–water partition coefficient (Wildman–Crippen LogP) is 1.41. The van der Waals surface area contributed by atoms with Crippen molar-refractivity contribution in [3.63, 3.8) is 0 Å². The van der Waals surface area contributed by atoms with Crippen LogP contribution in [0.15, 0.2) is 18.5 Å². The van der Waals surface area contributed by atoms with Crippen molar-refractivity contribution in [2.24, 2.45) is 7.05 Å². The Bertz CT molecular complexity index is 497. The van der Waals surface area contributed by atoms with Crippen LogP contribution in [0.25, 0.3) is 0 Å². The van der Waals surface area contributed by atoms with E-state index in [0.717, 1.165) is 37.6 Å². The topological polar surface area (TPSA) is 47.7 Å². The Labute approximate surface area is 108 Å². The van der Waals surface area contributed by atoms with Crippen LogP contribution in [0.2, 0.25) is 0 Å². The van der Waals surface area contributed by atoms with E-state index < -0.39 is 0 Å². The van der Waals surface area contributed by atoms with Crippen molar-refractivity contribution in [1.82, 2.24) is 24.6 Å². The van der Waals surface area contributed by atoms with E-state index in [0.29, 0.717) is 0 Å². The molecule has 5 heteroatoms. The van der Waals surface area contributed by atoms with Crippen LogP contribution in [0.5, 0.6) is 0 Å². The van der Waals surface area contributed by atoms with Gasteiger partial charge in [-0.2, -0.15) is 5.10 Å². The molecule has 5 nitrogen and oxygen atoms in total. The van der Waals surface area contributed by atoms with Crippen molar-refractivity contribution in [3.8, 4) is 0 Å². The normalized spacial score (nSPS) is 11.1. The molecule has 0 radical (unpaired) electrons. The molecule has 1 N–H and O–H groups in total. The zero-order chi connectivity index (χ0) is 13.0. The van der Waals surface area contributed by atoms with Gasteiger partial charge in [-0.25, -0.2) is 4.98 Å². The van der Waals surface area contributed by atoms with Gasteiger partial charge in [0.1, 0.15) is 5.82 Å². The Hall–Kier alpha value is -1.62. The number of rotatable bonds is 6. The van der Waals surface area contributed by atoms with Crippen LogP contribution >= 0.6 is 0 Å². The SMILES string of the molecule is Cc1cc(C)n(CCCNCc2nccn2C)n1. The number of hydrogen-bond acceptors (Lipinski definition) is 3. The minimum Gasteiger partial charge on any atom is -0.337 e. The summed E-state index contributed by atoms with van der Waals surface area (Å²) in [4.78, 5) is 4.27. The summed E-state index contributed by atoms with van der Waals surface area (Å²) in [5, 5.41) is 7.84. The first-order valence-electron chi connectivity index (χ1n) is 6.35. The molecular weight excluding hydrogens is 226 g/mol. The van der Waals surface area contributed by atoms with Crippen molar-refractivity contribution in [1.29, 1.82) is 0 Å². The molecule has 0 bridgehead atoms. The highest BCUT2D eigenvalue weighted by molar-refractivity contribution is 5.06. The molecule has 2 aromatic rings. The predicted molar refractivity (Wildman–Crippen MR) is 71.2 cm³/mol. The highest BCUT2D eigenvalue weighted by Gasteiger charge is 2.01. The van der Waals surface area contributed by atoms with Crippen molar-refractivity contribution < 1.29 is 0 Å². The summed E-state index contributed by atoms with van der Waals surface area (Å²) in [6, 6.07) is 2.11. The van der Waals surface area contributed by atoms with Crippen LogP contribution in [-0.2, 0) is 20.1 Å². The minimum absolute atomic E-state index is 0.820. The lowest BCUT2D eigenvalue weighted by Gasteiger charge is -2.06. The second-order valence-electron chi connectivity index (χ2n) is 4.63. The van der Waals surface area contributed by atoms with Gasteiger partial charge in [-0.15, -0.1) is 0 Å². The number of imidazole rings is 1. The van der Waals surface area contributed by atoms with E-state index in [1.54, 1.807) is 0 Å². The van der Waals surface area contributed by atoms with Crippen molar-refractivity contribution in [2.45, 2.75) is 33.4 Å². The summed E-state index contributed by atoms with van der Waals surface area (Å²) < 4.78 is 4.10. The quantitative estimate of drug-likeness (QED) is 0.785. The fraction of sp³-hybridized carbons (Fsp3) is 0.538. The van der Waals surface area contributed by atoms with E-state index in [9.17, 15) is 0 Å². The molecule has 18 heavy (non-hydrogen) atoms. The summed E-state index contributed by atoms with van der Waals surface area (Å²) >= 11 is 0. The van der Waals surface area contributed by atoms with Gasteiger partial charge >= 0.3 is 0 Å². The highest BCUT2D eigenvalue weighted by atomic mass is 15.3. The van der Waals surface area contributed by atoms with Gasteiger partial charge in [0.2, 0.25) is 0 Å². The van der Waals surface area contributed by atoms with Gasteiger partial charge in [0, 0.05) is 31.7 Å². The molecule has 0 aromatic carbocycles. The highest BCUT2D eigenvalue weighted by Crippen LogP contribution is 2.02. The molecule has 0 fully saturated rings. The molecule has 0 saturated heterocycles. The van der Waals surface area contributed by atoms with Crippen molar-refractivity contribution in [2.75, 3.05) is 6.54 Å². The van der Waals surface area contributed by atoms with Crippen LogP contribution in [0.3, 0.4) is 0 Å². The van der Waals surface area contributed by atoms with Crippen molar-refractivity contribution >= 4 is 0 Å². The summed E-state index contributed by atoms with van der Waals surface area (Å²) in [7, 11) is 2.01. The third kappa shape index (κ3) is 3.20. The second-order valence-corrected chi connectivity index (χ2v) is 4.63. The van der Waals surface area contributed by atoms with Gasteiger partial charge < -0.3 is 9.88 Å². The van der Waals surface area contributed by atoms with E-state index in [4.69, 9.17) is 0 Å². The largest absolute Gasteiger partial charge is 0.337 e. The van der Waals surface area contributed by atoms with Crippen LogP contribution in [0, 0.1) is 13.8 Å². The average molecular weight is 247 g/mol. The lowest BCUT2D eigenvalue weighted by molar-refractivity contribution is 0.525. The first kappa shape index (κ1) is 12.8. The maximum absolute atomic E-state index is 4.44. The van der Waals surface area contributed by atoms with E-state index in [2.05, 4.69) is 33.1 Å². The molecule has 0 aliphatic heterocycles. The molecule has 0 atom stereocenters. The summed E-state index contributed by atoms with van der Waals surface area (Å²) in [5.74, 6) is 1.07. The van der Waals surface area contributed by atoms with Gasteiger partial charge in [-0.05, 0) is 32.9 Å². The Morgan fingerprint density at radius 3 is 2.78 bits per heavy atom. The first-order valence-corrected chi connectivity index (χ1v) is 6.35. The smallest absolute Gasteiger partial charge is 0.122 e. The van der Waals surface area contributed by atoms with Crippen LogP contribution in [-0.4, -0.2) is 25.9 Å². The van der Waals surface area contributed by atoms with E-state index >= 15 is 0 Å². The van der Waals surface area contributed by atoms with Gasteiger partial charge in [0.05, 0.1) is 12.2 Å². The van der Waals surface area contributed by atoms with Crippen LogP contribution in [0.4, 0.5) is 0 Å².